The van der Waals surface area contributed by atoms with Crippen molar-refractivity contribution >= 4 is 35.0 Å². The lowest BCUT2D eigenvalue weighted by molar-refractivity contribution is -0.126. The van der Waals surface area contributed by atoms with Gasteiger partial charge in [-0.2, -0.15) is 0 Å². The Kier molecular flexibility index (Phi) is 7.63. The lowest BCUT2D eigenvalue weighted by Crippen LogP contribution is -2.45. The highest BCUT2D eigenvalue weighted by Gasteiger charge is 2.26. The molecule has 1 fully saturated rings. The van der Waals surface area contributed by atoms with Crippen molar-refractivity contribution in [2.75, 3.05) is 26.2 Å². The standard InChI is InChI=1S/C21H27N3O2.ClH/c1-21(9-11-22-12-10-21)15-24-20(26)14-23-19(25)13-17-7-4-6-16-5-2-3-8-18(16)17;/h2-8,22H,9-15H2,1H3,(H,23,25)(H,24,26);1H. The summed E-state index contributed by atoms with van der Waals surface area (Å²) in [5.41, 5.74) is 1.12. The van der Waals surface area contributed by atoms with E-state index in [1.165, 1.54) is 0 Å². The molecule has 2 aromatic carbocycles. The molecule has 0 aliphatic carbocycles. The van der Waals surface area contributed by atoms with Crippen LogP contribution in [0.4, 0.5) is 0 Å². The maximum absolute atomic E-state index is 12.2. The van der Waals surface area contributed by atoms with Gasteiger partial charge in [0, 0.05) is 6.54 Å². The van der Waals surface area contributed by atoms with Crippen LogP contribution in [0.5, 0.6) is 0 Å². The Labute approximate surface area is 166 Å². The van der Waals surface area contributed by atoms with Crippen LogP contribution < -0.4 is 16.0 Å². The van der Waals surface area contributed by atoms with Gasteiger partial charge in [-0.15, -0.1) is 12.4 Å². The number of hydrogen-bond acceptors (Lipinski definition) is 3. The van der Waals surface area contributed by atoms with Crippen LogP contribution in [0.15, 0.2) is 42.5 Å². The van der Waals surface area contributed by atoms with Crippen LogP contribution in [0.25, 0.3) is 10.8 Å². The van der Waals surface area contributed by atoms with Crippen LogP contribution in [0.3, 0.4) is 0 Å². The van der Waals surface area contributed by atoms with E-state index < -0.39 is 0 Å². The maximum atomic E-state index is 12.2. The Balaban J connectivity index is 0.00000261. The molecule has 0 spiro atoms. The fourth-order valence-electron chi connectivity index (χ4n) is 3.44. The topological polar surface area (TPSA) is 70.2 Å². The van der Waals surface area contributed by atoms with Gasteiger partial charge in [0.05, 0.1) is 13.0 Å². The molecule has 146 valence electrons. The molecule has 3 rings (SSSR count). The van der Waals surface area contributed by atoms with Gasteiger partial charge in [0.2, 0.25) is 11.8 Å². The van der Waals surface area contributed by atoms with E-state index in [9.17, 15) is 9.59 Å². The predicted molar refractivity (Wildman–Crippen MR) is 111 cm³/mol. The number of nitrogens with one attached hydrogen (secondary N) is 3. The van der Waals surface area contributed by atoms with Crippen molar-refractivity contribution in [1.29, 1.82) is 0 Å². The quantitative estimate of drug-likeness (QED) is 0.710. The van der Waals surface area contributed by atoms with Gasteiger partial charge in [0.1, 0.15) is 0 Å². The van der Waals surface area contributed by atoms with Gasteiger partial charge in [0.15, 0.2) is 0 Å². The van der Waals surface area contributed by atoms with Crippen molar-refractivity contribution in [2.45, 2.75) is 26.2 Å². The number of benzene rings is 2. The third kappa shape index (κ3) is 5.94. The molecule has 0 atom stereocenters. The minimum Gasteiger partial charge on any atom is -0.354 e. The van der Waals surface area contributed by atoms with E-state index >= 15 is 0 Å². The summed E-state index contributed by atoms with van der Waals surface area (Å²) in [5.74, 6) is -0.263. The van der Waals surface area contributed by atoms with Crippen molar-refractivity contribution in [3.05, 3.63) is 48.0 Å². The first-order chi connectivity index (χ1) is 12.6. The third-order valence-electron chi connectivity index (χ3n) is 5.20. The van der Waals surface area contributed by atoms with Crippen LogP contribution in [-0.2, 0) is 16.0 Å². The Morgan fingerprint density at radius 3 is 2.48 bits per heavy atom. The average Bonchev–Trinajstić information content (AvgIpc) is 2.66. The fourth-order valence-corrected chi connectivity index (χ4v) is 3.44. The second kappa shape index (κ2) is 9.72. The van der Waals surface area contributed by atoms with Gasteiger partial charge < -0.3 is 16.0 Å². The molecule has 6 heteroatoms. The number of carbonyl (C=O) groups excluding carboxylic acids is 2. The second-order valence-electron chi connectivity index (χ2n) is 7.43. The molecule has 2 amide bonds. The Bertz CT molecular complexity index is 783. The summed E-state index contributed by atoms with van der Waals surface area (Å²) in [6.07, 6.45) is 2.39. The Morgan fingerprint density at radius 1 is 1.00 bits per heavy atom. The summed E-state index contributed by atoms with van der Waals surface area (Å²) in [6.45, 7) is 4.88. The number of amides is 2. The molecule has 1 heterocycles. The van der Waals surface area contributed by atoms with E-state index in [1.807, 2.05) is 42.5 Å². The monoisotopic (exact) mass is 389 g/mol. The fraction of sp³-hybridized carbons (Fsp3) is 0.429. The molecule has 0 bridgehead atoms. The van der Waals surface area contributed by atoms with E-state index in [0.717, 1.165) is 42.3 Å². The van der Waals surface area contributed by atoms with Gasteiger partial charge in [-0.05, 0) is 47.7 Å². The van der Waals surface area contributed by atoms with Crippen LogP contribution >= 0.6 is 12.4 Å². The van der Waals surface area contributed by atoms with Crippen LogP contribution in [0, 0.1) is 5.41 Å². The van der Waals surface area contributed by atoms with Gasteiger partial charge in [-0.25, -0.2) is 0 Å². The van der Waals surface area contributed by atoms with Crippen molar-refractivity contribution < 1.29 is 9.59 Å². The number of carbonyl (C=O) groups is 2. The van der Waals surface area contributed by atoms with Gasteiger partial charge >= 0.3 is 0 Å². The lowest BCUT2D eigenvalue weighted by atomic mass is 9.81. The average molecular weight is 390 g/mol. The third-order valence-corrected chi connectivity index (χ3v) is 5.20. The minimum atomic E-state index is -0.135. The van der Waals surface area contributed by atoms with E-state index in [1.54, 1.807) is 0 Å². The van der Waals surface area contributed by atoms with Crippen LogP contribution in [0.1, 0.15) is 25.3 Å². The molecule has 0 radical (unpaired) electrons. The Hall–Kier alpha value is -2.11. The molecule has 1 aliphatic rings. The molecule has 0 aromatic heterocycles. The van der Waals surface area contributed by atoms with Gasteiger partial charge in [-0.1, -0.05) is 49.4 Å². The van der Waals surface area contributed by atoms with Crippen molar-refractivity contribution in [3.63, 3.8) is 0 Å². The zero-order chi connectivity index (χ0) is 18.4. The minimum absolute atomic E-state index is 0. The molecule has 0 saturated carbocycles. The highest BCUT2D eigenvalue weighted by molar-refractivity contribution is 5.91. The molecular weight excluding hydrogens is 362 g/mol. The SMILES string of the molecule is CC1(CNC(=O)CNC(=O)Cc2cccc3ccccc23)CCNCC1.Cl. The summed E-state index contributed by atoms with van der Waals surface area (Å²) in [4.78, 5) is 24.3. The first kappa shape index (κ1) is 21.2. The number of piperidine rings is 1. The number of hydrogen-bond donors (Lipinski definition) is 3. The van der Waals surface area contributed by atoms with E-state index in [4.69, 9.17) is 0 Å². The van der Waals surface area contributed by atoms with Crippen LogP contribution in [-0.4, -0.2) is 38.0 Å². The molecule has 27 heavy (non-hydrogen) atoms. The summed E-state index contributed by atoms with van der Waals surface area (Å²) >= 11 is 0. The Morgan fingerprint density at radius 2 is 1.70 bits per heavy atom. The van der Waals surface area contributed by atoms with Gasteiger partial charge in [-0.3, -0.25) is 9.59 Å². The summed E-state index contributed by atoms with van der Waals surface area (Å²) in [7, 11) is 0. The molecule has 0 unspecified atom stereocenters. The highest BCUT2D eigenvalue weighted by atomic mass is 35.5. The van der Waals surface area contributed by atoms with Gasteiger partial charge in [0.25, 0.3) is 0 Å². The largest absolute Gasteiger partial charge is 0.354 e. The zero-order valence-electron chi connectivity index (χ0n) is 15.7. The normalized spacial score (nSPS) is 15.6. The van der Waals surface area contributed by atoms with Crippen molar-refractivity contribution in [1.82, 2.24) is 16.0 Å². The van der Waals surface area contributed by atoms with E-state index in [2.05, 4.69) is 22.9 Å². The maximum Gasteiger partial charge on any atom is 0.239 e. The highest BCUT2D eigenvalue weighted by Crippen LogP contribution is 2.26. The first-order valence-corrected chi connectivity index (χ1v) is 9.27. The van der Waals surface area contributed by atoms with Crippen molar-refractivity contribution in [2.24, 2.45) is 5.41 Å². The number of rotatable bonds is 6. The first-order valence-electron chi connectivity index (χ1n) is 9.27. The van der Waals surface area contributed by atoms with E-state index in [-0.39, 0.29) is 42.6 Å². The molecule has 2 aromatic rings. The lowest BCUT2D eigenvalue weighted by Gasteiger charge is -2.34. The molecule has 5 nitrogen and oxygen atoms in total. The molecule has 1 aliphatic heterocycles. The molecule has 3 N–H and O–H groups in total. The summed E-state index contributed by atoms with van der Waals surface area (Å²) in [6, 6.07) is 14.0. The number of fused-ring (bicyclic) bond motifs is 1. The second-order valence-corrected chi connectivity index (χ2v) is 7.43. The predicted octanol–water partition coefficient (Wildman–Crippen LogP) is 2.43. The molecular formula is C21H28ClN3O2. The molecule has 1 saturated heterocycles. The van der Waals surface area contributed by atoms with Crippen molar-refractivity contribution in [3.8, 4) is 0 Å². The summed E-state index contributed by atoms with van der Waals surface area (Å²) in [5, 5.41) is 11.2. The smallest absolute Gasteiger partial charge is 0.239 e. The number of halogens is 1. The summed E-state index contributed by atoms with van der Waals surface area (Å²) < 4.78 is 0. The van der Waals surface area contributed by atoms with E-state index in [0.29, 0.717) is 6.54 Å². The zero-order valence-corrected chi connectivity index (χ0v) is 16.5. The van der Waals surface area contributed by atoms with Crippen LogP contribution in [0.2, 0.25) is 0 Å².